The third kappa shape index (κ3) is 1.45. The van der Waals surface area contributed by atoms with E-state index in [-0.39, 0.29) is 11.0 Å². The van der Waals surface area contributed by atoms with Crippen molar-refractivity contribution in [3.63, 3.8) is 0 Å². The third-order valence-corrected chi connectivity index (χ3v) is 4.86. The summed E-state index contributed by atoms with van der Waals surface area (Å²) < 4.78 is 3.84. The van der Waals surface area contributed by atoms with Crippen LogP contribution in [0, 0.1) is 6.92 Å². The second-order valence-corrected chi connectivity index (χ2v) is 6.21. The van der Waals surface area contributed by atoms with E-state index in [1.807, 2.05) is 49.4 Å². The fourth-order valence-corrected chi connectivity index (χ4v) is 3.82. The Bertz CT molecular complexity index is 1260. The standard InChI is InChI=1S/C19H14N2O2/c1-11-6-7-12-16(10-11)21-18-14(17(12)22)8-9-20(18)15-5-3-2-4-13(15)19(21)23/h2-7,10H,8-9H2,1H3. The zero-order chi connectivity index (χ0) is 15.7. The van der Waals surface area contributed by atoms with Crippen LogP contribution in [0.1, 0.15) is 11.1 Å². The molecule has 4 heteroatoms. The monoisotopic (exact) mass is 302 g/mol. The quantitative estimate of drug-likeness (QED) is 0.370. The molecule has 0 radical (unpaired) electrons. The molecular weight excluding hydrogens is 288 g/mol. The summed E-state index contributed by atoms with van der Waals surface area (Å²) >= 11 is 0. The Kier molecular flexibility index (Phi) is 2.25. The van der Waals surface area contributed by atoms with Gasteiger partial charge in [0.05, 0.1) is 16.4 Å². The third-order valence-electron chi connectivity index (χ3n) is 4.86. The number of aryl methyl sites for hydroxylation is 3. The summed E-state index contributed by atoms with van der Waals surface area (Å²) in [6.07, 6.45) is 0.680. The number of para-hydroxylation sites is 1. The highest BCUT2D eigenvalue weighted by Crippen LogP contribution is 2.25. The van der Waals surface area contributed by atoms with Crippen molar-refractivity contribution in [1.29, 1.82) is 0 Å². The second kappa shape index (κ2) is 4.10. The largest absolute Gasteiger partial charge is 0.326 e. The first-order valence-corrected chi connectivity index (χ1v) is 7.76. The zero-order valence-electron chi connectivity index (χ0n) is 12.7. The van der Waals surface area contributed by atoms with Gasteiger partial charge in [0.25, 0.3) is 5.56 Å². The smallest absolute Gasteiger partial charge is 0.266 e. The molecule has 0 fully saturated rings. The van der Waals surface area contributed by atoms with Gasteiger partial charge >= 0.3 is 0 Å². The topological polar surface area (TPSA) is 43.5 Å². The lowest BCUT2D eigenvalue weighted by Gasteiger charge is -2.13. The lowest BCUT2D eigenvalue weighted by Crippen LogP contribution is -2.22. The molecule has 0 amide bonds. The molecule has 0 bridgehead atoms. The Morgan fingerprint density at radius 1 is 0.957 bits per heavy atom. The first-order valence-electron chi connectivity index (χ1n) is 7.76. The number of aromatic nitrogens is 2. The van der Waals surface area contributed by atoms with Gasteiger partial charge in [-0.05, 0) is 43.2 Å². The lowest BCUT2D eigenvalue weighted by molar-refractivity contribution is 0.781. The molecule has 0 aliphatic carbocycles. The molecule has 112 valence electrons. The Labute approximate surface area is 131 Å². The first-order chi connectivity index (χ1) is 11.2. The Morgan fingerprint density at radius 3 is 2.65 bits per heavy atom. The number of pyridine rings is 1. The predicted molar refractivity (Wildman–Crippen MR) is 91.4 cm³/mol. The Balaban J connectivity index is 2.25. The van der Waals surface area contributed by atoms with Crippen LogP contribution >= 0.6 is 0 Å². The minimum absolute atomic E-state index is 0.0504. The number of fused-ring (bicyclic) bond motifs is 4. The van der Waals surface area contributed by atoms with E-state index in [0.29, 0.717) is 22.7 Å². The summed E-state index contributed by atoms with van der Waals surface area (Å²) in [4.78, 5) is 25.9. The average Bonchev–Trinajstić information content (AvgIpc) is 3.00. The van der Waals surface area contributed by atoms with Crippen molar-refractivity contribution >= 4 is 27.5 Å². The maximum atomic E-state index is 13.1. The van der Waals surface area contributed by atoms with Crippen molar-refractivity contribution < 1.29 is 0 Å². The summed E-state index contributed by atoms with van der Waals surface area (Å²) in [7, 11) is 0. The van der Waals surface area contributed by atoms with E-state index < -0.39 is 0 Å². The molecule has 0 atom stereocenters. The van der Waals surface area contributed by atoms with Crippen LogP contribution in [0.2, 0.25) is 0 Å². The molecule has 1 aliphatic heterocycles. The van der Waals surface area contributed by atoms with Gasteiger partial charge in [0.1, 0.15) is 5.65 Å². The van der Waals surface area contributed by atoms with E-state index in [2.05, 4.69) is 4.57 Å². The maximum absolute atomic E-state index is 13.1. The van der Waals surface area contributed by atoms with Crippen LogP contribution < -0.4 is 11.0 Å². The van der Waals surface area contributed by atoms with E-state index in [9.17, 15) is 9.59 Å². The van der Waals surface area contributed by atoms with Crippen molar-refractivity contribution in [2.24, 2.45) is 0 Å². The molecule has 0 unspecified atom stereocenters. The van der Waals surface area contributed by atoms with Gasteiger partial charge in [-0.15, -0.1) is 0 Å². The first kappa shape index (κ1) is 12.6. The number of benzene rings is 2. The number of hydrogen-bond acceptors (Lipinski definition) is 2. The van der Waals surface area contributed by atoms with E-state index in [0.717, 1.165) is 28.8 Å². The van der Waals surface area contributed by atoms with Crippen LogP contribution in [-0.4, -0.2) is 8.97 Å². The van der Waals surface area contributed by atoms with Crippen LogP contribution in [-0.2, 0) is 13.0 Å². The molecule has 2 aromatic carbocycles. The molecule has 5 rings (SSSR count). The van der Waals surface area contributed by atoms with E-state index >= 15 is 0 Å². The van der Waals surface area contributed by atoms with E-state index in [1.165, 1.54) is 0 Å². The van der Waals surface area contributed by atoms with Crippen molar-refractivity contribution in [1.82, 2.24) is 8.97 Å². The molecule has 0 saturated heterocycles. The Hall–Kier alpha value is -2.88. The summed E-state index contributed by atoms with van der Waals surface area (Å²) in [5.74, 6) is 0. The molecule has 0 spiro atoms. The molecule has 0 saturated carbocycles. The van der Waals surface area contributed by atoms with Crippen LogP contribution in [0.4, 0.5) is 0 Å². The van der Waals surface area contributed by atoms with Crippen LogP contribution in [0.3, 0.4) is 0 Å². The highest BCUT2D eigenvalue weighted by Gasteiger charge is 2.23. The number of nitrogens with zero attached hydrogens (tertiary/aromatic N) is 2. The van der Waals surface area contributed by atoms with Gasteiger partial charge in [-0.2, -0.15) is 0 Å². The minimum Gasteiger partial charge on any atom is -0.326 e. The van der Waals surface area contributed by atoms with Crippen LogP contribution in [0.5, 0.6) is 0 Å². The van der Waals surface area contributed by atoms with E-state index in [1.54, 1.807) is 4.40 Å². The maximum Gasteiger partial charge on any atom is 0.266 e. The average molecular weight is 302 g/mol. The highest BCUT2D eigenvalue weighted by molar-refractivity contribution is 5.89. The summed E-state index contributed by atoms with van der Waals surface area (Å²) in [5, 5.41) is 1.32. The zero-order valence-corrected chi connectivity index (χ0v) is 12.7. The molecule has 0 N–H and O–H groups in total. The minimum atomic E-state index is -0.0504. The van der Waals surface area contributed by atoms with Crippen molar-refractivity contribution in [2.45, 2.75) is 19.9 Å². The van der Waals surface area contributed by atoms with Gasteiger partial charge in [0, 0.05) is 17.5 Å². The SMILES string of the molecule is Cc1ccc2c(=O)c3c4n(c5ccccc5c(=O)n4c2c1)CC3. The molecular formula is C19H14N2O2. The second-order valence-electron chi connectivity index (χ2n) is 6.21. The molecule has 4 nitrogen and oxygen atoms in total. The van der Waals surface area contributed by atoms with Gasteiger partial charge in [-0.25, -0.2) is 0 Å². The predicted octanol–water partition coefficient (Wildman–Crippen LogP) is 2.63. The molecule has 3 heterocycles. The Morgan fingerprint density at radius 2 is 1.78 bits per heavy atom. The fourth-order valence-electron chi connectivity index (χ4n) is 3.82. The highest BCUT2D eigenvalue weighted by atomic mass is 16.1. The van der Waals surface area contributed by atoms with Crippen LogP contribution in [0.15, 0.2) is 52.1 Å². The molecule has 4 aromatic rings. The fraction of sp³-hybridized carbons (Fsp3) is 0.158. The lowest BCUT2D eigenvalue weighted by atomic mass is 10.1. The van der Waals surface area contributed by atoms with Crippen molar-refractivity contribution in [3.05, 3.63) is 74.2 Å². The van der Waals surface area contributed by atoms with Gasteiger partial charge in [-0.1, -0.05) is 18.2 Å². The molecule has 1 aliphatic rings. The van der Waals surface area contributed by atoms with Crippen molar-refractivity contribution in [3.8, 4) is 0 Å². The van der Waals surface area contributed by atoms with Gasteiger partial charge in [-0.3, -0.25) is 14.0 Å². The summed E-state index contributed by atoms with van der Waals surface area (Å²) in [6, 6.07) is 13.3. The summed E-state index contributed by atoms with van der Waals surface area (Å²) in [6.45, 7) is 2.72. The summed E-state index contributed by atoms with van der Waals surface area (Å²) in [5.41, 5.74) is 4.17. The normalized spacial score (nSPS) is 13.4. The van der Waals surface area contributed by atoms with Gasteiger partial charge in [0.2, 0.25) is 0 Å². The van der Waals surface area contributed by atoms with Crippen molar-refractivity contribution in [2.75, 3.05) is 0 Å². The molecule has 23 heavy (non-hydrogen) atoms. The van der Waals surface area contributed by atoms with Gasteiger partial charge < -0.3 is 4.57 Å². The molecule has 2 aromatic heterocycles. The number of rotatable bonds is 0. The van der Waals surface area contributed by atoms with Gasteiger partial charge in [0.15, 0.2) is 5.43 Å². The van der Waals surface area contributed by atoms with Crippen LogP contribution in [0.25, 0.3) is 27.5 Å². The number of hydrogen-bond donors (Lipinski definition) is 0. The van der Waals surface area contributed by atoms with E-state index in [4.69, 9.17) is 0 Å².